The van der Waals surface area contributed by atoms with Crippen molar-refractivity contribution in [3.63, 3.8) is 0 Å². The number of ether oxygens (including phenoxy) is 1. The van der Waals surface area contributed by atoms with Crippen LogP contribution in [0.2, 0.25) is 0 Å². The van der Waals surface area contributed by atoms with Gasteiger partial charge in [0.15, 0.2) is 5.96 Å². The molecule has 1 aromatic heterocycles. The minimum atomic E-state index is -4.72. The van der Waals surface area contributed by atoms with Gasteiger partial charge in [0.1, 0.15) is 5.75 Å². The highest BCUT2D eigenvalue weighted by atomic mass is 32.1. The van der Waals surface area contributed by atoms with E-state index in [4.69, 9.17) is 0 Å². The predicted octanol–water partition coefficient (Wildman–Crippen LogP) is 3.82. The summed E-state index contributed by atoms with van der Waals surface area (Å²) in [6, 6.07) is 8.05. The lowest BCUT2D eigenvalue weighted by Gasteiger charge is -2.15. The summed E-state index contributed by atoms with van der Waals surface area (Å²) in [7, 11) is 1.61. The number of rotatable bonds is 5. The van der Waals surface area contributed by atoms with E-state index in [0.29, 0.717) is 18.1 Å². The van der Waals surface area contributed by atoms with E-state index in [9.17, 15) is 13.2 Å². The minimum Gasteiger partial charge on any atom is -0.405 e. The Kier molecular flexibility index (Phi) is 6.08. The van der Waals surface area contributed by atoms with Gasteiger partial charge in [0.2, 0.25) is 0 Å². The molecule has 4 nitrogen and oxygen atoms in total. The van der Waals surface area contributed by atoms with Gasteiger partial charge in [-0.05, 0) is 30.0 Å². The highest BCUT2D eigenvalue weighted by molar-refractivity contribution is 7.10. The fourth-order valence-electron chi connectivity index (χ4n) is 2.02. The van der Waals surface area contributed by atoms with E-state index in [-0.39, 0.29) is 12.3 Å². The molecule has 0 saturated heterocycles. The van der Waals surface area contributed by atoms with Crippen LogP contribution < -0.4 is 15.4 Å². The van der Waals surface area contributed by atoms with Crippen molar-refractivity contribution in [2.45, 2.75) is 26.4 Å². The summed E-state index contributed by atoms with van der Waals surface area (Å²) >= 11 is 1.64. The number of para-hydroxylation sites is 1. The summed E-state index contributed by atoms with van der Waals surface area (Å²) in [6.45, 7) is 2.79. The fraction of sp³-hybridized carbons (Fsp3) is 0.312. The Bertz CT molecular complexity index is 698. The van der Waals surface area contributed by atoms with Crippen LogP contribution in [0.3, 0.4) is 0 Å². The first-order valence-electron chi connectivity index (χ1n) is 7.20. The number of halogens is 3. The molecule has 0 bridgehead atoms. The lowest BCUT2D eigenvalue weighted by atomic mass is 10.2. The molecule has 130 valence electrons. The van der Waals surface area contributed by atoms with Crippen molar-refractivity contribution in [3.05, 3.63) is 51.7 Å². The summed E-state index contributed by atoms with van der Waals surface area (Å²) in [5.74, 6) is 0.284. The lowest BCUT2D eigenvalue weighted by Crippen LogP contribution is -2.36. The standard InChI is InChI=1S/C16H18F3N3OS/c1-11-7-8-24-14(11)10-22-15(20-2)21-9-12-5-3-4-6-13(12)23-16(17,18)19/h3-8H,9-10H2,1-2H3,(H2,20,21,22). The first-order valence-corrected chi connectivity index (χ1v) is 8.08. The monoisotopic (exact) mass is 357 g/mol. The maximum absolute atomic E-state index is 12.4. The summed E-state index contributed by atoms with van der Waals surface area (Å²) in [5.41, 5.74) is 1.58. The molecule has 1 heterocycles. The Labute approximate surface area is 142 Å². The van der Waals surface area contributed by atoms with E-state index in [1.54, 1.807) is 30.5 Å². The van der Waals surface area contributed by atoms with E-state index in [1.165, 1.54) is 22.6 Å². The number of nitrogens with one attached hydrogen (secondary N) is 2. The molecule has 0 aliphatic heterocycles. The van der Waals surface area contributed by atoms with Crippen LogP contribution in [0, 0.1) is 6.92 Å². The Morgan fingerprint density at radius 1 is 1.17 bits per heavy atom. The SMILES string of the molecule is CN=C(NCc1ccccc1OC(F)(F)F)NCc1sccc1C. The first kappa shape index (κ1) is 18.1. The summed E-state index contributed by atoms with van der Waals surface area (Å²) in [6.07, 6.45) is -4.72. The van der Waals surface area contributed by atoms with Gasteiger partial charge in [-0.25, -0.2) is 0 Å². The normalized spacial score (nSPS) is 12.1. The van der Waals surface area contributed by atoms with Crippen molar-refractivity contribution in [3.8, 4) is 5.75 Å². The van der Waals surface area contributed by atoms with Gasteiger partial charge in [0.05, 0.1) is 6.54 Å². The third kappa shape index (κ3) is 5.45. The number of nitrogens with zero attached hydrogens (tertiary/aromatic N) is 1. The van der Waals surface area contributed by atoms with Crippen LogP contribution in [0.25, 0.3) is 0 Å². The van der Waals surface area contributed by atoms with Crippen LogP contribution in [0.1, 0.15) is 16.0 Å². The number of aliphatic imine (C=N–C) groups is 1. The number of hydrogen-bond donors (Lipinski definition) is 2. The molecule has 0 fully saturated rings. The fourth-order valence-corrected chi connectivity index (χ4v) is 2.87. The maximum Gasteiger partial charge on any atom is 0.573 e. The van der Waals surface area contributed by atoms with Gasteiger partial charge in [-0.1, -0.05) is 18.2 Å². The van der Waals surface area contributed by atoms with E-state index in [2.05, 4.69) is 20.4 Å². The van der Waals surface area contributed by atoms with Crippen molar-refractivity contribution in [2.75, 3.05) is 7.05 Å². The van der Waals surface area contributed by atoms with E-state index in [0.717, 1.165) is 0 Å². The highest BCUT2D eigenvalue weighted by Crippen LogP contribution is 2.26. The Morgan fingerprint density at radius 3 is 2.50 bits per heavy atom. The molecule has 0 saturated carbocycles. The molecule has 2 aromatic rings. The van der Waals surface area contributed by atoms with Gasteiger partial charge in [0, 0.05) is 24.0 Å². The Balaban J connectivity index is 1.95. The molecule has 0 atom stereocenters. The van der Waals surface area contributed by atoms with Crippen molar-refractivity contribution in [2.24, 2.45) is 4.99 Å². The van der Waals surface area contributed by atoms with E-state index >= 15 is 0 Å². The Hall–Kier alpha value is -2.22. The van der Waals surface area contributed by atoms with Crippen molar-refractivity contribution in [1.82, 2.24) is 10.6 Å². The third-order valence-electron chi connectivity index (χ3n) is 3.25. The molecule has 0 radical (unpaired) electrons. The van der Waals surface area contributed by atoms with Gasteiger partial charge in [-0.2, -0.15) is 0 Å². The smallest absolute Gasteiger partial charge is 0.405 e. The number of thiophene rings is 1. The lowest BCUT2D eigenvalue weighted by molar-refractivity contribution is -0.274. The number of alkyl halides is 3. The number of benzene rings is 1. The maximum atomic E-state index is 12.4. The topological polar surface area (TPSA) is 45.7 Å². The molecule has 0 aliphatic rings. The van der Waals surface area contributed by atoms with Crippen LogP contribution in [-0.2, 0) is 13.1 Å². The second-order valence-corrected chi connectivity index (χ2v) is 5.96. The predicted molar refractivity (Wildman–Crippen MR) is 89.2 cm³/mol. The minimum absolute atomic E-state index is 0.162. The summed E-state index contributed by atoms with van der Waals surface area (Å²) in [5, 5.41) is 8.13. The summed E-state index contributed by atoms with van der Waals surface area (Å²) < 4.78 is 41.3. The molecule has 24 heavy (non-hydrogen) atoms. The van der Waals surface area contributed by atoms with Gasteiger partial charge in [-0.3, -0.25) is 4.99 Å². The number of hydrogen-bond acceptors (Lipinski definition) is 3. The molecule has 2 N–H and O–H groups in total. The molecular weight excluding hydrogens is 339 g/mol. The average Bonchev–Trinajstić information content (AvgIpc) is 2.93. The van der Waals surface area contributed by atoms with Crippen molar-refractivity contribution >= 4 is 17.3 Å². The molecule has 0 aliphatic carbocycles. The quantitative estimate of drug-likeness (QED) is 0.632. The largest absolute Gasteiger partial charge is 0.573 e. The van der Waals surface area contributed by atoms with Crippen LogP contribution >= 0.6 is 11.3 Å². The molecule has 8 heteroatoms. The second kappa shape index (κ2) is 8.05. The number of aryl methyl sites for hydroxylation is 1. The zero-order valence-electron chi connectivity index (χ0n) is 13.3. The van der Waals surface area contributed by atoms with Gasteiger partial charge < -0.3 is 15.4 Å². The van der Waals surface area contributed by atoms with Crippen LogP contribution in [-0.4, -0.2) is 19.4 Å². The first-order chi connectivity index (χ1) is 11.4. The molecule has 0 amide bonds. The van der Waals surface area contributed by atoms with Crippen LogP contribution in [0.15, 0.2) is 40.7 Å². The zero-order valence-corrected chi connectivity index (χ0v) is 14.1. The number of guanidine groups is 1. The van der Waals surface area contributed by atoms with E-state index < -0.39 is 6.36 Å². The van der Waals surface area contributed by atoms with Gasteiger partial charge in [0.25, 0.3) is 0 Å². The van der Waals surface area contributed by atoms with Crippen molar-refractivity contribution in [1.29, 1.82) is 0 Å². The third-order valence-corrected chi connectivity index (χ3v) is 4.28. The highest BCUT2D eigenvalue weighted by Gasteiger charge is 2.31. The molecule has 0 unspecified atom stereocenters. The summed E-state index contributed by atoms with van der Waals surface area (Å²) in [4.78, 5) is 5.25. The molecular formula is C16H18F3N3OS. The molecule has 0 spiro atoms. The van der Waals surface area contributed by atoms with E-state index in [1.807, 2.05) is 18.4 Å². The van der Waals surface area contributed by atoms with Gasteiger partial charge in [-0.15, -0.1) is 24.5 Å². The van der Waals surface area contributed by atoms with Gasteiger partial charge >= 0.3 is 6.36 Å². The average molecular weight is 357 g/mol. The molecule has 2 rings (SSSR count). The zero-order chi connectivity index (χ0) is 17.6. The van der Waals surface area contributed by atoms with Crippen LogP contribution in [0.5, 0.6) is 5.75 Å². The van der Waals surface area contributed by atoms with Crippen LogP contribution in [0.4, 0.5) is 13.2 Å². The molecule has 1 aromatic carbocycles. The Morgan fingerprint density at radius 2 is 1.88 bits per heavy atom. The second-order valence-electron chi connectivity index (χ2n) is 4.96. The van der Waals surface area contributed by atoms with Crippen molar-refractivity contribution < 1.29 is 17.9 Å².